The number of guanidine groups is 1. The van der Waals surface area contributed by atoms with E-state index in [0.29, 0.717) is 25.7 Å². The highest BCUT2D eigenvalue weighted by atomic mass is 127. The Bertz CT molecular complexity index is 942. The Balaban J connectivity index is 0.00000320. The first kappa shape index (κ1) is 23.7. The minimum atomic E-state index is 0. The Morgan fingerprint density at radius 1 is 1.10 bits per heavy atom. The number of nitrogens with one attached hydrogen (secondary N) is 2. The van der Waals surface area contributed by atoms with Crippen molar-refractivity contribution in [2.75, 3.05) is 13.7 Å². The third-order valence-electron chi connectivity index (χ3n) is 4.42. The highest BCUT2D eigenvalue weighted by molar-refractivity contribution is 14.0. The van der Waals surface area contributed by atoms with Crippen LogP contribution in [0.15, 0.2) is 59.9 Å². The van der Waals surface area contributed by atoms with Crippen molar-refractivity contribution in [1.29, 1.82) is 0 Å². The Morgan fingerprint density at radius 2 is 1.87 bits per heavy atom. The van der Waals surface area contributed by atoms with Gasteiger partial charge in [-0.3, -0.25) is 9.56 Å². The molecule has 0 atom stereocenters. The summed E-state index contributed by atoms with van der Waals surface area (Å²) in [6.45, 7) is 6.00. The first-order chi connectivity index (χ1) is 14.2. The van der Waals surface area contributed by atoms with Crippen LogP contribution in [-0.4, -0.2) is 34.4 Å². The van der Waals surface area contributed by atoms with Crippen LogP contribution in [0.25, 0.3) is 5.69 Å². The molecule has 0 bridgehead atoms. The monoisotopic (exact) mass is 520 g/mol. The van der Waals surface area contributed by atoms with Crippen LogP contribution >= 0.6 is 24.0 Å². The molecule has 1 aromatic heterocycles. The lowest BCUT2D eigenvalue weighted by atomic mass is 10.1. The fraction of sp³-hybridized carbons (Fsp3) is 0.318. The van der Waals surface area contributed by atoms with Gasteiger partial charge in [-0.25, -0.2) is 0 Å². The van der Waals surface area contributed by atoms with Gasteiger partial charge in [-0.1, -0.05) is 37.3 Å². The van der Waals surface area contributed by atoms with Crippen LogP contribution in [0.2, 0.25) is 0 Å². The van der Waals surface area contributed by atoms with E-state index >= 15 is 0 Å². The van der Waals surface area contributed by atoms with E-state index < -0.39 is 0 Å². The number of rotatable bonds is 8. The van der Waals surface area contributed by atoms with Gasteiger partial charge in [-0.15, -0.1) is 34.2 Å². The zero-order valence-electron chi connectivity index (χ0n) is 17.6. The van der Waals surface area contributed by atoms with Gasteiger partial charge in [0.2, 0.25) is 0 Å². The van der Waals surface area contributed by atoms with Crippen LogP contribution in [0, 0.1) is 6.92 Å². The van der Waals surface area contributed by atoms with Crippen molar-refractivity contribution in [1.82, 2.24) is 25.4 Å². The van der Waals surface area contributed by atoms with Crippen LogP contribution in [-0.2, 0) is 13.1 Å². The largest absolute Gasteiger partial charge is 0.493 e. The molecule has 0 aliphatic carbocycles. The predicted octanol–water partition coefficient (Wildman–Crippen LogP) is 3.85. The molecule has 30 heavy (non-hydrogen) atoms. The van der Waals surface area contributed by atoms with Crippen LogP contribution in [0.1, 0.15) is 30.3 Å². The molecule has 1 heterocycles. The van der Waals surface area contributed by atoms with Crippen LogP contribution in [0.3, 0.4) is 0 Å². The van der Waals surface area contributed by atoms with Crippen molar-refractivity contribution in [2.45, 2.75) is 33.4 Å². The lowest BCUT2D eigenvalue weighted by molar-refractivity contribution is 0.313. The Hall–Kier alpha value is -2.62. The van der Waals surface area contributed by atoms with Crippen molar-refractivity contribution >= 4 is 29.9 Å². The van der Waals surface area contributed by atoms with Gasteiger partial charge < -0.3 is 15.4 Å². The predicted molar refractivity (Wildman–Crippen MR) is 131 cm³/mol. The summed E-state index contributed by atoms with van der Waals surface area (Å²) in [6, 6.07) is 16.3. The summed E-state index contributed by atoms with van der Waals surface area (Å²) in [6.07, 6.45) is 2.69. The van der Waals surface area contributed by atoms with E-state index in [0.717, 1.165) is 29.2 Å². The van der Waals surface area contributed by atoms with Gasteiger partial charge in [0.25, 0.3) is 0 Å². The van der Waals surface area contributed by atoms with E-state index in [1.54, 1.807) is 13.4 Å². The fourth-order valence-corrected chi connectivity index (χ4v) is 2.90. The maximum Gasteiger partial charge on any atom is 0.191 e. The number of hydrogen-bond donors (Lipinski definition) is 2. The second kappa shape index (κ2) is 12.2. The van der Waals surface area contributed by atoms with Crippen molar-refractivity contribution in [3.8, 4) is 11.4 Å². The SMILES string of the molecule is CCCOc1cc(C)ccc1CNC(=NC)NCc1nncn1-c1ccccc1.I. The number of aryl methyl sites for hydroxylation is 1. The lowest BCUT2D eigenvalue weighted by Crippen LogP contribution is -2.37. The third kappa shape index (κ3) is 6.45. The summed E-state index contributed by atoms with van der Waals surface area (Å²) in [5, 5.41) is 14.9. The van der Waals surface area contributed by atoms with Crippen LogP contribution in [0.5, 0.6) is 5.75 Å². The van der Waals surface area contributed by atoms with Crippen LogP contribution in [0.4, 0.5) is 0 Å². The number of aliphatic imine (C=N–C) groups is 1. The third-order valence-corrected chi connectivity index (χ3v) is 4.42. The van der Waals surface area contributed by atoms with E-state index in [9.17, 15) is 0 Å². The quantitative estimate of drug-likeness (QED) is 0.268. The Kier molecular flexibility index (Phi) is 9.59. The summed E-state index contributed by atoms with van der Waals surface area (Å²) in [5.74, 6) is 2.41. The maximum absolute atomic E-state index is 5.89. The van der Waals surface area contributed by atoms with Crippen molar-refractivity contribution in [3.05, 3.63) is 71.8 Å². The average Bonchev–Trinajstić information content (AvgIpc) is 3.22. The molecule has 3 rings (SSSR count). The fourth-order valence-electron chi connectivity index (χ4n) is 2.90. The zero-order valence-corrected chi connectivity index (χ0v) is 20.0. The number of nitrogens with zero attached hydrogens (tertiary/aromatic N) is 4. The molecule has 0 amide bonds. The van der Waals surface area contributed by atoms with E-state index in [1.807, 2.05) is 34.9 Å². The number of benzene rings is 2. The highest BCUT2D eigenvalue weighted by Gasteiger charge is 2.09. The minimum Gasteiger partial charge on any atom is -0.493 e. The standard InChI is InChI=1S/C22H28N6O.HI/c1-4-12-29-20-13-17(2)10-11-18(20)14-24-22(23-3)25-15-21-27-26-16-28(21)19-8-6-5-7-9-19;/h5-11,13,16H,4,12,14-15H2,1-3H3,(H2,23,24,25);1H. The van der Waals surface area contributed by atoms with Gasteiger partial charge in [0.15, 0.2) is 11.8 Å². The molecule has 0 spiro atoms. The molecule has 0 fully saturated rings. The number of hydrogen-bond acceptors (Lipinski definition) is 4. The molecular formula is C22H29IN6O. The first-order valence-electron chi connectivity index (χ1n) is 9.82. The van der Waals surface area contributed by atoms with E-state index in [-0.39, 0.29) is 24.0 Å². The zero-order chi connectivity index (χ0) is 20.5. The van der Waals surface area contributed by atoms with E-state index in [2.05, 4.69) is 57.9 Å². The molecule has 0 aliphatic heterocycles. The van der Waals surface area contributed by atoms with Crippen molar-refractivity contribution in [3.63, 3.8) is 0 Å². The summed E-state index contributed by atoms with van der Waals surface area (Å²) in [4.78, 5) is 4.31. The minimum absolute atomic E-state index is 0. The molecule has 7 nitrogen and oxygen atoms in total. The van der Waals surface area contributed by atoms with E-state index in [1.165, 1.54) is 5.56 Å². The molecule has 0 saturated heterocycles. The number of aromatic nitrogens is 3. The summed E-state index contributed by atoms with van der Waals surface area (Å²) >= 11 is 0. The second-order valence-electron chi connectivity index (χ2n) is 6.69. The number of ether oxygens (including phenoxy) is 1. The molecule has 0 radical (unpaired) electrons. The van der Waals surface area contributed by atoms with Gasteiger partial charge in [-0.2, -0.15) is 0 Å². The molecule has 0 saturated carbocycles. The van der Waals surface area contributed by atoms with Gasteiger partial charge in [0.05, 0.1) is 13.2 Å². The summed E-state index contributed by atoms with van der Waals surface area (Å²) < 4.78 is 7.85. The first-order valence-corrected chi connectivity index (χ1v) is 9.82. The molecule has 0 aliphatic rings. The van der Waals surface area contributed by atoms with E-state index in [4.69, 9.17) is 4.74 Å². The molecule has 2 N–H and O–H groups in total. The highest BCUT2D eigenvalue weighted by Crippen LogP contribution is 2.20. The Labute approximate surface area is 195 Å². The summed E-state index contributed by atoms with van der Waals surface area (Å²) in [5.41, 5.74) is 3.30. The lowest BCUT2D eigenvalue weighted by Gasteiger charge is -2.15. The van der Waals surface area contributed by atoms with Gasteiger partial charge in [0, 0.05) is 24.8 Å². The van der Waals surface area contributed by atoms with Crippen molar-refractivity contribution in [2.24, 2.45) is 4.99 Å². The Morgan fingerprint density at radius 3 is 2.60 bits per heavy atom. The molecule has 8 heteroatoms. The van der Waals surface area contributed by atoms with Gasteiger partial charge in [0.1, 0.15) is 12.1 Å². The number of halogens is 1. The van der Waals surface area contributed by atoms with Gasteiger partial charge >= 0.3 is 0 Å². The smallest absolute Gasteiger partial charge is 0.191 e. The van der Waals surface area contributed by atoms with Crippen molar-refractivity contribution < 1.29 is 4.74 Å². The summed E-state index contributed by atoms with van der Waals surface area (Å²) in [7, 11) is 1.75. The topological polar surface area (TPSA) is 76.4 Å². The normalized spacial score (nSPS) is 11.0. The molecule has 3 aromatic rings. The molecular weight excluding hydrogens is 491 g/mol. The molecule has 0 unspecified atom stereocenters. The second-order valence-corrected chi connectivity index (χ2v) is 6.69. The number of para-hydroxylation sites is 1. The average molecular weight is 520 g/mol. The molecule has 160 valence electrons. The van der Waals surface area contributed by atoms with Gasteiger partial charge in [-0.05, 0) is 37.1 Å². The maximum atomic E-state index is 5.89. The molecule has 2 aromatic carbocycles. The van der Waals surface area contributed by atoms with Crippen LogP contribution < -0.4 is 15.4 Å².